The molecule has 0 amide bonds. The number of nitrogens with two attached hydrogens (primary N) is 1. The van der Waals surface area contributed by atoms with E-state index in [9.17, 15) is 0 Å². The van der Waals surface area contributed by atoms with E-state index in [1.165, 1.54) is 12.0 Å². The van der Waals surface area contributed by atoms with Gasteiger partial charge < -0.3 is 11.1 Å². The van der Waals surface area contributed by atoms with Gasteiger partial charge in [-0.15, -0.1) is 0 Å². The Hall–Kier alpha value is -0.860. The number of nitrogens with one attached hydrogen (secondary N) is 1. The van der Waals surface area contributed by atoms with Gasteiger partial charge in [0.25, 0.3) is 0 Å². The number of benzene rings is 1. The molecule has 0 aliphatic heterocycles. The second-order valence-electron chi connectivity index (χ2n) is 3.99. The van der Waals surface area contributed by atoms with Crippen LogP contribution < -0.4 is 11.1 Å². The van der Waals surface area contributed by atoms with Crippen molar-refractivity contribution in [3.63, 3.8) is 0 Å². The zero-order valence-electron chi connectivity index (χ0n) is 9.58. The number of aryl methyl sites for hydroxylation is 1. The maximum atomic E-state index is 6.00. The maximum Gasteiger partial charge on any atom is 0.0168 e. The van der Waals surface area contributed by atoms with Crippen LogP contribution in [0.1, 0.15) is 25.3 Å². The van der Waals surface area contributed by atoms with Crippen LogP contribution in [0, 0.1) is 0 Å². The highest BCUT2D eigenvalue weighted by Gasteiger charge is 2.01. The Morgan fingerprint density at radius 2 is 2.00 bits per heavy atom. The van der Waals surface area contributed by atoms with Crippen molar-refractivity contribution in [3.05, 3.63) is 35.9 Å². The van der Waals surface area contributed by atoms with Crippen LogP contribution in [0.5, 0.6) is 0 Å². The van der Waals surface area contributed by atoms with E-state index in [2.05, 4.69) is 36.5 Å². The molecule has 0 fully saturated rings. The van der Waals surface area contributed by atoms with E-state index in [1.54, 1.807) is 0 Å². The van der Waals surface area contributed by atoms with Crippen molar-refractivity contribution in [2.24, 2.45) is 5.73 Å². The molecule has 0 saturated carbocycles. The highest BCUT2D eigenvalue weighted by Crippen LogP contribution is 2.03. The van der Waals surface area contributed by atoms with Crippen molar-refractivity contribution >= 4 is 0 Å². The Balaban J connectivity index is 2.14. The minimum absolute atomic E-state index is 0.275. The minimum atomic E-state index is 0.275. The highest BCUT2D eigenvalue weighted by molar-refractivity contribution is 5.14. The van der Waals surface area contributed by atoms with Gasteiger partial charge in [0.1, 0.15) is 0 Å². The Morgan fingerprint density at radius 3 is 2.67 bits per heavy atom. The molecule has 1 aromatic rings. The number of hydrogen-bond acceptors (Lipinski definition) is 2. The summed E-state index contributed by atoms with van der Waals surface area (Å²) in [5.41, 5.74) is 7.38. The smallest absolute Gasteiger partial charge is 0.0168 e. The van der Waals surface area contributed by atoms with Crippen LogP contribution in [0.25, 0.3) is 0 Å². The lowest BCUT2D eigenvalue weighted by Gasteiger charge is -2.12. The molecule has 0 saturated heterocycles. The second kappa shape index (κ2) is 7.43. The van der Waals surface area contributed by atoms with E-state index in [4.69, 9.17) is 5.73 Å². The molecule has 0 aliphatic rings. The third-order valence-corrected chi connectivity index (χ3v) is 2.48. The van der Waals surface area contributed by atoms with Crippen LogP contribution in [-0.4, -0.2) is 19.1 Å². The zero-order valence-corrected chi connectivity index (χ0v) is 9.58. The molecular weight excluding hydrogens is 184 g/mol. The second-order valence-corrected chi connectivity index (χ2v) is 3.99. The van der Waals surface area contributed by atoms with Crippen LogP contribution in [0.15, 0.2) is 30.3 Å². The van der Waals surface area contributed by atoms with E-state index < -0.39 is 0 Å². The molecule has 0 bridgehead atoms. The summed E-state index contributed by atoms with van der Waals surface area (Å²) in [5.74, 6) is 0. The van der Waals surface area contributed by atoms with Gasteiger partial charge in [-0.05, 0) is 31.4 Å². The predicted molar refractivity (Wildman–Crippen MR) is 65.9 cm³/mol. The molecule has 1 unspecified atom stereocenters. The first-order valence-electron chi connectivity index (χ1n) is 5.83. The Labute approximate surface area is 92.9 Å². The van der Waals surface area contributed by atoms with Crippen molar-refractivity contribution in [3.8, 4) is 0 Å². The topological polar surface area (TPSA) is 38.0 Å². The number of rotatable bonds is 7. The average molecular weight is 206 g/mol. The summed E-state index contributed by atoms with van der Waals surface area (Å²) < 4.78 is 0. The zero-order chi connectivity index (χ0) is 10.9. The molecule has 0 spiro atoms. The van der Waals surface area contributed by atoms with Crippen LogP contribution in [0.4, 0.5) is 0 Å². The van der Waals surface area contributed by atoms with Gasteiger partial charge in [0, 0.05) is 12.6 Å². The molecule has 84 valence electrons. The molecule has 0 aromatic heterocycles. The Kier molecular flexibility index (Phi) is 6.05. The fraction of sp³-hybridized carbons (Fsp3) is 0.538. The van der Waals surface area contributed by atoms with Gasteiger partial charge in [-0.3, -0.25) is 0 Å². The first-order valence-corrected chi connectivity index (χ1v) is 5.83. The standard InChI is InChI=1S/C13H22N2/c1-2-10-15-11-13(14)9-8-12-6-4-3-5-7-12/h3-7,13,15H,2,8-11,14H2,1H3. The maximum absolute atomic E-state index is 6.00. The molecule has 1 rings (SSSR count). The van der Waals surface area contributed by atoms with E-state index in [-0.39, 0.29) is 6.04 Å². The summed E-state index contributed by atoms with van der Waals surface area (Å²) >= 11 is 0. The van der Waals surface area contributed by atoms with Crippen LogP contribution >= 0.6 is 0 Å². The molecule has 0 radical (unpaired) electrons. The summed E-state index contributed by atoms with van der Waals surface area (Å²) in [6.07, 6.45) is 3.31. The summed E-state index contributed by atoms with van der Waals surface area (Å²) in [6.45, 7) is 4.17. The quantitative estimate of drug-likeness (QED) is 0.669. The molecule has 1 aromatic carbocycles. The molecule has 1 atom stereocenters. The van der Waals surface area contributed by atoms with E-state index in [1.807, 2.05) is 6.07 Å². The van der Waals surface area contributed by atoms with E-state index in [0.717, 1.165) is 25.9 Å². The summed E-state index contributed by atoms with van der Waals surface area (Å²) in [5, 5.41) is 3.35. The molecular formula is C13H22N2. The van der Waals surface area contributed by atoms with Crippen LogP contribution in [-0.2, 0) is 6.42 Å². The van der Waals surface area contributed by atoms with Crippen molar-refractivity contribution in [2.45, 2.75) is 32.2 Å². The SMILES string of the molecule is CCCNCC(N)CCc1ccccc1. The van der Waals surface area contributed by atoms with Crippen molar-refractivity contribution in [1.82, 2.24) is 5.32 Å². The lowest BCUT2D eigenvalue weighted by Crippen LogP contribution is -2.34. The molecule has 2 heteroatoms. The van der Waals surface area contributed by atoms with Crippen LogP contribution in [0.2, 0.25) is 0 Å². The summed E-state index contributed by atoms with van der Waals surface area (Å²) in [4.78, 5) is 0. The summed E-state index contributed by atoms with van der Waals surface area (Å²) in [7, 11) is 0. The first-order chi connectivity index (χ1) is 7.33. The average Bonchev–Trinajstić information content (AvgIpc) is 2.28. The third kappa shape index (κ3) is 5.55. The van der Waals surface area contributed by atoms with Crippen molar-refractivity contribution in [2.75, 3.05) is 13.1 Å². The van der Waals surface area contributed by atoms with Crippen molar-refractivity contribution < 1.29 is 0 Å². The van der Waals surface area contributed by atoms with Crippen molar-refractivity contribution in [1.29, 1.82) is 0 Å². The first kappa shape index (κ1) is 12.2. The van der Waals surface area contributed by atoms with Gasteiger partial charge in [-0.1, -0.05) is 37.3 Å². The molecule has 0 heterocycles. The third-order valence-electron chi connectivity index (χ3n) is 2.48. The lowest BCUT2D eigenvalue weighted by molar-refractivity contribution is 0.543. The molecule has 2 nitrogen and oxygen atoms in total. The van der Waals surface area contributed by atoms with Gasteiger partial charge in [0.2, 0.25) is 0 Å². The van der Waals surface area contributed by atoms with E-state index in [0.29, 0.717) is 0 Å². The van der Waals surface area contributed by atoms with Gasteiger partial charge in [0.05, 0.1) is 0 Å². The lowest BCUT2D eigenvalue weighted by atomic mass is 10.1. The van der Waals surface area contributed by atoms with E-state index >= 15 is 0 Å². The molecule has 3 N–H and O–H groups in total. The molecule has 15 heavy (non-hydrogen) atoms. The summed E-state index contributed by atoms with van der Waals surface area (Å²) in [6, 6.07) is 10.8. The monoisotopic (exact) mass is 206 g/mol. The Bertz CT molecular complexity index is 246. The van der Waals surface area contributed by atoms with Gasteiger partial charge >= 0.3 is 0 Å². The normalized spacial score (nSPS) is 12.7. The van der Waals surface area contributed by atoms with Crippen LogP contribution in [0.3, 0.4) is 0 Å². The fourth-order valence-electron chi connectivity index (χ4n) is 1.56. The largest absolute Gasteiger partial charge is 0.327 e. The highest BCUT2D eigenvalue weighted by atomic mass is 14.9. The number of hydrogen-bond donors (Lipinski definition) is 2. The predicted octanol–water partition coefficient (Wildman–Crippen LogP) is 1.95. The minimum Gasteiger partial charge on any atom is -0.327 e. The fourth-order valence-corrected chi connectivity index (χ4v) is 1.56. The van der Waals surface area contributed by atoms with Gasteiger partial charge in [0.15, 0.2) is 0 Å². The van der Waals surface area contributed by atoms with Gasteiger partial charge in [-0.2, -0.15) is 0 Å². The van der Waals surface area contributed by atoms with Gasteiger partial charge in [-0.25, -0.2) is 0 Å². The molecule has 0 aliphatic carbocycles. The Morgan fingerprint density at radius 1 is 1.27 bits per heavy atom.